The summed E-state index contributed by atoms with van der Waals surface area (Å²) in [6.45, 7) is 3.14. The van der Waals surface area contributed by atoms with Crippen molar-refractivity contribution in [2.45, 2.75) is 52.1 Å². The van der Waals surface area contributed by atoms with Crippen molar-refractivity contribution >= 4 is 17.5 Å². The van der Waals surface area contributed by atoms with Gasteiger partial charge in [0.05, 0.1) is 13.0 Å². The first-order valence-electron chi connectivity index (χ1n) is 11.8. The quantitative estimate of drug-likeness (QED) is 0.497. The molecule has 3 aromatic rings. The van der Waals surface area contributed by atoms with Crippen LogP contribution in [0.5, 0.6) is 0 Å². The van der Waals surface area contributed by atoms with Crippen molar-refractivity contribution in [1.29, 1.82) is 0 Å². The van der Waals surface area contributed by atoms with Gasteiger partial charge in [-0.25, -0.2) is 0 Å². The Bertz CT molecular complexity index is 1070. The van der Waals surface area contributed by atoms with E-state index >= 15 is 0 Å². The van der Waals surface area contributed by atoms with E-state index in [1.165, 1.54) is 5.56 Å². The summed E-state index contributed by atoms with van der Waals surface area (Å²) in [4.78, 5) is 27.7. The standard InChI is InChI=1S/C29H32N2O2/c1-22-8-7-11-25(18-22)20-30-28(32)19-23-14-16-27(17-15-23)31(21-24-9-3-2-4-10-24)29(33)26-12-5-6-13-26/h2-4,7-11,14-18,26H,5-6,12-13,19-21H2,1H3,(H,30,32). The van der Waals surface area contributed by atoms with Crippen molar-refractivity contribution in [1.82, 2.24) is 5.32 Å². The summed E-state index contributed by atoms with van der Waals surface area (Å²) >= 11 is 0. The number of rotatable bonds is 8. The molecular weight excluding hydrogens is 408 g/mol. The van der Waals surface area contributed by atoms with Gasteiger partial charge >= 0.3 is 0 Å². The van der Waals surface area contributed by atoms with Crippen LogP contribution >= 0.6 is 0 Å². The van der Waals surface area contributed by atoms with E-state index in [0.717, 1.165) is 48.1 Å². The molecule has 1 aliphatic carbocycles. The molecule has 0 aliphatic heterocycles. The summed E-state index contributed by atoms with van der Waals surface area (Å²) in [6.07, 6.45) is 4.53. The van der Waals surface area contributed by atoms with Crippen LogP contribution in [0.1, 0.15) is 47.9 Å². The number of hydrogen-bond donors (Lipinski definition) is 1. The zero-order valence-corrected chi connectivity index (χ0v) is 19.3. The van der Waals surface area contributed by atoms with Crippen LogP contribution in [0.2, 0.25) is 0 Å². The first-order chi connectivity index (χ1) is 16.1. The van der Waals surface area contributed by atoms with Gasteiger partial charge < -0.3 is 10.2 Å². The number of carbonyl (C=O) groups excluding carboxylic acids is 2. The average molecular weight is 441 g/mol. The summed E-state index contributed by atoms with van der Waals surface area (Å²) in [5.41, 5.74) is 5.22. The third kappa shape index (κ3) is 6.32. The molecule has 0 saturated heterocycles. The van der Waals surface area contributed by atoms with Gasteiger partial charge in [-0.2, -0.15) is 0 Å². The van der Waals surface area contributed by atoms with Crippen molar-refractivity contribution in [3.63, 3.8) is 0 Å². The van der Waals surface area contributed by atoms with Crippen LogP contribution in [0.4, 0.5) is 5.69 Å². The summed E-state index contributed by atoms with van der Waals surface area (Å²) < 4.78 is 0. The maximum Gasteiger partial charge on any atom is 0.230 e. The molecule has 1 N–H and O–H groups in total. The molecule has 2 amide bonds. The molecule has 3 aromatic carbocycles. The number of carbonyl (C=O) groups is 2. The minimum absolute atomic E-state index is 0.00701. The van der Waals surface area contributed by atoms with Crippen LogP contribution in [0.3, 0.4) is 0 Å². The fourth-order valence-electron chi connectivity index (χ4n) is 4.52. The Morgan fingerprint density at radius 1 is 0.848 bits per heavy atom. The second-order valence-corrected chi connectivity index (χ2v) is 9.00. The van der Waals surface area contributed by atoms with Crippen molar-refractivity contribution in [2.75, 3.05) is 4.90 Å². The predicted octanol–water partition coefficient (Wildman–Crippen LogP) is 5.58. The van der Waals surface area contributed by atoms with Crippen LogP contribution < -0.4 is 10.2 Å². The van der Waals surface area contributed by atoms with Gasteiger partial charge in [-0.1, -0.05) is 85.1 Å². The summed E-state index contributed by atoms with van der Waals surface area (Å²) in [7, 11) is 0. The molecule has 33 heavy (non-hydrogen) atoms. The van der Waals surface area contributed by atoms with Gasteiger partial charge in [0.2, 0.25) is 11.8 Å². The summed E-state index contributed by atoms with van der Waals surface area (Å²) in [5.74, 6) is 0.313. The zero-order valence-electron chi connectivity index (χ0n) is 19.3. The van der Waals surface area contributed by atoms with Crippen molar-refractivity contribution < 1.29 is 9.59 Å². The Kier molecular flexibility index (Phi) is 7.56. The van der Waals surface area contributed by atoms with E-state index in [4.69, 9.17) is 0 Å². The lowest BCUT2D eigenvalue weighted by Crippen LogP contribution is -2.35. The smallest absolute Gasteiger partial charge is 0.230 e. The van der Waals surface area contributed by atoms with Crippen LogP contribution in [0, 0.1) is 12.8 Å². The Morgan fingerprint density at radius 3 is 2.24 bits per heavy atom. The molecule has 0 spiro atoms. The number of hydrogen-bond acceptors (Lipinski definition) is 2. The molecule has 1 fully saturated rings. The molecule has 4 rings (SSSR count). The fourth-order valence-corrected chi connectivity index (χ4v) is 4.52. The van der Waals surface area contributed by atoms with Gasteiger partial charge in [-0.3, -0.25) is 9.59 Å². The highest BCUT2D eigenvalue weighted by molar-refractivity contribution is 5.95. The maximum atomic E-state index is 13.3. The van der Waals surface area contributed by atoms with Gasteiger partial charge in [-0.05, 0) is 48.6 Å². The second kappa shape index (κ2) is 11.0. The summed E-state index contributed by atoms with van der Waals surface area (Å²) in [6, 6.07) is 26.1. The lowest BCUT2D eigenvalue weighted by atomic mass is 10.0. The molecule has 0 bridgehead atoms. The van der Waals surface area contributed by atoms with E-state index < -0.39 is 0 Å². The predicted molar refractivity (Wildman–Crippen MR) is 133 cm³/mol. The van der Waals surface area contributed by atoms with E-state index in [0.29, 0.717) is 19.5 Å². The van der Waals surface area contributed by atoms with Crippen LogP contribution in [0.15, 0.2) is 78.9 Å². The minimum atomic E-state index is -0.00701. The normalized spacial score (nSPS) is 13.6. The van der Waals surface area contributed by atoms with Crippen molar-refractivity contribution in [3.05, 3.63) is 101 Å². The minimum Gasteiger partial charge on any atom is -0.352 e. The Labute approximate surface area is 196 Å². The number of aryl methyl sites for hydroxylation is 1. The molecule has 170 valence electrons. The molecule has 0 aromatic heterocycles. The highest BCUT2D eigenvalue weighted by Crippen LogP contribution is 2.30. The van der Waals surface area contributed by atoms with E-state index in [1.807, 2.05) is 72.5 Å². The highest BCUT2D eigenvalue weighted by atomic mass is 16.2. The molecule has 4 heteroatoms. The van der Waals surface area contributed by atoms with Gasteiger partial charge in [0.1, 0.15) is 0 Å². The van der Waals surface area contributed by atoms with E-state index in [-0.39, 0.29) is 17.7 Å². The summed E-state index contributed by atoms with van der Waals surface area (Å²) in [5, 5.41) is 3.00. The number of benzene rings is 3. The maximum absolute atomic E-state index is 13.3. The van der Waals surface area contributed by atoms with Gasteiger partial charge in [0.15, 0.2) is 0 Å². The topological polar surface area (TPSA) is 49.4 Å². The molecule has 0 radical (unpaired) electrons. The first kappa shape index (κ1) is 22.8. The largest absolute Gasteiger partial charge is 0.352 e. The van der Waals surface area contributed by atoms with Crippen LogP contribution in [0.25, 0.3) is 0 Å². The van der Waals surface area contributed by atoms with Gasteiger partial charge in [0.25, 0.3) is 0 Å². The van der Waals surface area contributed by atoms with Gasteiger partial charge in [0, 0.05) is 18.2 Å². The van der Waals surface area contributed by atoms with Crippen LogP contribution in [-0.4, -0.2) is 11.8 Å². The Hall–Kier alpha value is -3.40. The molecule has 0 unspecified atom stereocenters. The molecule has 0 atom stereocenters. The number of nitrogens with one attached hydrogen (secondary N) is 1. The zero-order chi connectivity index (χ0) is 23.0. The molecular formula is C29H32N2O2. The molecule has 0 heterocycles. The second-order valence-electron chi connectivity index (χ2n) is 9.00. The third-order valence-corrected chi connectivity index (χ3v) is 6.34. The van der Waals surface area contributed by atoms with E-state index in [1.54, 1.807) is 0 Å². The highest BCUT2D eigenvalue weighted by Gasteiger charge is 2.28. The monoisotopic (exact) mass is 440 g/mol. The molecule has 1 saturated carbocycles. The number of amides is 2. The lowest BCUT2D eigenvalue weighted by molar-refractivity contribution is -0.122. The lowest BCUT2D eigenvalue weighted by Gasteiger charge is -2.26. The van der Waals surface area contributed by atoms with Gasteiger partial charge in [-0.15, -0.1) is 0 Å². The van der Waals surface area contributed by atoms with E-state index in [9.17, 15) is 9.59 Å². The number of anilines is 1. The number of nitrogens with zero attached hydrogens (tertiary/aromatic N) is 1. The van der Waals surface area contributed by atoms with E-state index in [2.05, 4.69) is 23.5 Å². The Balaban J connectivity index is 1.41. The third-order valence-electron chi connectivity index (χ3n) is 6.34. The van der Waals surface area contributed by atoms with Crippen LogP contribution in [-0.2, 0) is 29.1 Å². The molecule has 1 aliphatic rings. The van der Waals surface area contributed by atoms with Crippen molar-refractivity contribution in [2.24, 2.45) is 5.92 Å². The average Bonchev–Trinajstić information content (AvgIpc) is 3.37. The Morgan fingerprint density at radius 2 is 1.55 bits per heavy atom. The molecule has 4 nitrogen and oxygen atoms in total. The first-order valence-corrected chi connectivity index (χ1v) is 11.8. The SMILES string of the molecule is Cc1cccc(CNC(=O)Cc2ccc(N(Cc3ccccc3)C(=O)C3CCCC3)cc2)c1. The fraction of sp³-hybridized carbons (Fsp3) is 0.310. The van der Waals surface area contributed by atoms with Crippen molar-refractivity contribution in [3.8, 4) is 0 Å².